The zero-order valence-electron chi connectivity index (χ0n) is 9.84. The van der Waals surface area contributed by atoms with Gasteiger partial charge in [0, 0.05) is 24.2 Å². The molecule has 1 N–H and O–H groups in total. The van der Waals surface area contributed by atoms with E-state index >= 15 is 0 Å². The molecule has 1 aliphatic heterocycles. The molecule has 1 aliphatic carbocycles. The number of nitrogens with one attached hydrogen (secondary N) is 1. The van der Waals surface area contributed by atoms with Gasteiger partial charge in [0.05, 0.1) is 0 Å². The van der Waals surface area contributed by atoms with E-state index in [4.69, 9.17) is 0 Å². The van der Waals surface area contributed by atoms with Crippen molar-refractivity contribution in [1.29, 1.82) is 0 Å². The molecule has 0 aromatic carbocycles. The normalized spacial score (nSPS) is 32.1. The summed E-state index contributed by atoms with van der Waals surface area (Å²) in [6.45, 7) is 9.52. The molecule has 2 aliphatic rings. The van der Waals surface area contributed by atoms with Gasteiger partial charge >= 0.3 is 0 Å². The standard InChI is InChI=1S/C12H24N2/c1-10(2)13-11-5-4-8-14(9-11)12(3)6-7-12/h10-11,13H,4-9H2,1-3H3. The third-order valence-electron chi connectivity index (χ3n) is 3.73. The summed E-state index contributed by atoms with van der Waals surface area (Å²) in [6.07, 6.45) is 5.58. The monoisotopic (exact) mass is 196 g/mol. The Labute approximate surface area is 88.1 Å². The smallest absolute Gasteiger partial charge is 0.0198 e. The summed E-state index contributed by atoms with van der Waals surface area (Å²) in [6, 6.07) is 1.37. The highest BCUT2D eigenvalue weighted by atomic mass is 15.2. The average molecular weight is 196 g/mol. The first-order valence-electron chi connectivity index (χ1n) is 6.11. The van der Waals surface area contributed by atoms with Crippen molar-refractivity contribution in [2.24, 2.45) is 0 Å². The van der Waals surface area contributed by atoms with Crippen LogP contribution in [0.25, 0.3) is 0 Å². The molecule has 0 radical (unpaired) electrons. The van der Waals surface area contributed by atoms with Gasteiger partial charge in [0.15, 0.2) is 0 Å². The third kappa shape index (κ3) is 2.29. The maximum Gasteiger partial charge on any atom is 0.0198 e. The number of hydrogen-bond donors (Lipinski definition) is 1. The van der Waals surface area contributed by atoms with Crippen LogP contribution in [0.2, 0.25) is 0 Å². The van der Waals surface area contributed by atoms with E-state index in [9.17, 15) is 0 Å². The first-order valence-corrected chi connectivity index (χ1v) is 6.11. The maximum atomic E-state index is 3.67. The second-order valence-electron chi connectivity index (χ2n) is 5.60. The molecule has 0 aromatic rings. The van der Waals surface area contributed by atoms with Gasteiger partial charge in [-0.2, -0.15) is 0 Å². The number of likely N-dealkylation sites (tertiary alicyclic amines) is 1. The SMILES string of the molecule is CC(C)NC1CCCN(C2(C)CC2)C1. The van der Waals surface area contributed by atoms with E-state index < -0.39 is 0 Å². The Morgan fingerprint density at radius 2 is 2.07 bits per heavy atom. The average Bonchev–Trinajstić information content (AvgIpc) is 2.84. The van der Waals surface area contributed by atoms with E-state index in [1.54, 1.807) is 0 Å². The van der Waals surface area contributed by atoms with Gasteiger partial charge in [0.2, 0.25) is 0 Å². The highest BCUT2D eigenvalue weighted by Crippen LogP contribution is 2.42. The molecule has 1 saturated heterocycles. The van der Waals surface area contributed by atoms with Crippen molar-refractivity contribution in [3.63, 3.8) is 0 Å². The molecule has 1 atom stereocenters. The van der Waals surface area contributed by atoms with E-state index in [-0.39, 0.29) is 0 Å². The fraction of sp³-hybridized carbons (Fsp3) is 1.00. The second kappa shape index (κ2) is 3.82. The largest absolute Gasteiger partial charge is 0.311 e. The maximum absolute atomic E-state index is 3.67. The van der Waals surface area contributed by atoms with Crippen molar-refractivity contribution in [1.82, 2.24) is 10.2 Å². The fourth-order valence-electron chi connectivity index (χ4n) is 2.57. The zero-order chi connectivity index (χ0) is 10.2. The lowest BCUT2D eigenvalue weighted by Crippen LogP contribution is -2.51. The zero-order valence-corrected chi connectivity index (χ0v) is 9.84. The van der Waals surface area contributed by atoms with Gasteiger partial charge in [-0.05, 0) is 39.2 Å². The molecule has 0 bridgehead atoms. The molecule has 82 valence electrons. The first-order chi connectivity index (χ1) is 6.60. The summed E-state index contributed by atoms with van der Waals surface area (Å²) in [7, 11) is 0. The lowest BCUT2D eigenvalue weighted by molar-refractivity contribution is 0.128. The minimum Gasteiger partial charge on any atom is -0.311 e. The van der Waals surface area contributed by atoms with Crippen molar-refractivity contribution in [2.75, 3.05) is 13.1 Å². The minimum absolute atomic E-state index is 0.581. The summed E-state index contributed by atoms with van der Waals surface area (Å²) in [4.78, 5) is 2.70. The van der Waals surface area contributed by atoms with Gasteiger partial charge in [-0.1, -0.05) is 13.8 Å². The van der Waals surface area contributed by atoms with Crippen molar-refractivity contribution >= 4 is 0 Å². The lowest BCUT2D eigenvalue weighted by atomic mass is 10.0. The van der Waals surface area contributed by atoms with Crippen molar-refractivity contribution < 1.29 is 0 Å². The fourth-order valence-corrected chi connectivity index (χ4v) is 2.57. The summed E-state index contributed by atoms with van der Waals surface area (Å²) in [5, 5.41) is 3.67. The van der Waals surface area contributed by atoms with Gasteiger partial charge in [-0.3, -0.25) is 4.90 Å². The first kappa shape index (κ1) is 10.4. The second-order valence-corrected chi connectivity index (χ2v) is 5.60. The quantitative estimate of drug-likeness (QED) is 0.743. The number of rotatable bonds is 3. The van der Waals surface area contributed by atoms with Gasteiger partial charge in [0.25, 0.3) is 0 Å². The molecule has 2 heteroatoms. The van der Waals surface area contributed by atoms with Crippen LogP contribution in [0.15, 0.2) is 0 Å². The van der Waals surface area contributed by atoms with Crippen LogP contribution in [0.5, 0.6) is 0 Å². The highest BCUT2D eigenvalue weighted by molar-refractivity contribution is 5.01. The molecule has 1 saturated carbocycles. The van der Waals surface area contributed by atoms with Gasteiger partial charge < -0.3 is 5.32 Å². The van der Waals surface area contributed by atoms with Crippen LogP contribution >= 0.6 is 0 Å². The summed E-state index contributed by atoms with van der Waals surface area (Å²) < 4.78 is 0. The third-order valence-corrected chi connectivity index (χ3v) is 3.73. The Hall–Kier alpha value is -0.0800. The Kier molecular flexibility index (Phi) is 2.85. The Bertz CT molecular complexity index is 196. The molecule has 2 nitrogen and oxygen atoms in total. The molecule has 1 heterocycles. The van der Waals surface area contributed by atoms with Crippen molar-refractivity contribution in [3.8, 4) is 0 Å². The topological polar surface area (TPSA) is 15.3 Å². The Morgan fingerprint density at radius 3 is 2.64 bits per heavy atom. The molecule has 2 fully saturated rings. The Morgan fingerprint density at radius 1 is 1.36 bits per heavy atom. The summed E-state index contributed by atoms with van der Waals surface area (Å²) in [5.41, 5.74) is 0.581. The van der Waals surface area contributed by atoms with Crippen LogP contribution in [0.3, 0.4) is 0 Å². The van der Waals surface area contributed by atoms with Crippen LogP contribution in [0.4, 0.5) is 0 Å². The number of hydrogen-bond acceptors (Lipinski definition) is 2. The van der Waals surface area contributed by atoms with E-state index in [1.165, 1.54) is 38.8 Å². The van der Waals surface area contributed by atoms with Gasteiger partial charge in [0.1, 0.15) is 0 Å². The number of nitrogens with zero attached hydrogens (tertiary/aromatic N) is 1. The van der Waals surface area contributed by atoms with Crippen LogP contribution in [0, 0.1) is 0 Å². The molecule has 0 spiro atoms. The van der Waals surface area contributed by atoms with Crippen molar-refractivity contribution in [3.05, 3.63) is 0 Å². The predicted octanol–water partition coefficient (Wildman–Crippen LogP) is 2.00. The Balaban J connectivity index is 1.84. The van der Waals surface area contributed by atoms with Crippen LogP contribution in [-0.2, 0) is 0 Å². The number of piperidine rings is 1. The van der Waals surface area contributed by atoms with Crippen molar-refractivity contribution in [2.45, 2.75) is 64.1 Å². The van der Waals surface area contributed by atoms with E-state index in [1.807, 2.05) is 0 Å². The van der Waals surface area contributed by atoms with Crippen LogP contribution < -0.4 is 5.32 Å². The summed E-state index contributed by atoms with van der Waals surface area (Å²) in [5.74, 6) is 0. The van der Waals surface area contributed by atoms with Gasteiger partial charge in [-0.25, -0.2) is 0 Å². The van der Waals surface area contributed by atoms with Gasteiger partial charge in [-0.15, -0.1) is 0 Å². The van der Waals surface area contributed by atoms with E-state index in [2.05, 4.69) is 31.0 Å². The molecule has 0 aromatic heterocycles. The molecular weight excluding hydrogens is 172 g/mol. The molecule has 14 heavy (non-hydrogen) atoms. The van der Waals surface area contributed by atoms with Crippen LogP contribution in [0.1, 0.15) is 46.5 Å². The predicted molar refractivity (Wildman–Crippen MR) is 60.5 cm³/mol. The van der Waals surface area contributed by atoms with E-state index in [0.717, 1.165) is 6.04 Å². The molecule has 1 unspecified atom stereocenters. The lowest BCUT2D eigenvalue weighted by Gasteiger charge is -2.38. The highest BCUT2D eigenvalue weighted by Gasteiger charge is 2.44. The van der Waals surface area contributed by atoms with E-state index in [0.29, 0.717) is 11.6 Å². The van der Waals surface area contributed by atoms with Crippen LogP contribution in [-0.4, -0.2) is 35.6 Å². The molecular formula is C12H24N2. The summed E-state index contributed by atoms with van der Waals surface area (Å²) >= 11 is 0. The molecule has 2 rings (SSSR count). The molecule has 0 amide bonds. The minimum atomic E-state index is 0.581.